The van der Waals surface area contributed by atoms with Crippen molar-refractivity contribution < 1.29 is 14.3 Å². The minimum atomic E-state index is -0.202. The summed E-state index contributed by atoms with van der Waals surface area (Å²) in [7, 11) is 1.44. The highest BCUT2D eigenvalue weighted by Crippen LogP contribution is 2.48. The molecule has 104 valence electrons. The first-order valence-electron chi connectivity index (χ1n) is 7.32. The first-order valence-corrected chi connectivity index (χ1v) is 7.32. The number of carbonyl (C=O) groups is 1. The van der Waals surface area contributed by atoms with Crippen LogP contribution in [0.2, 0.25) is 0 Å². The lowest BCUT2D eigenvalue weighted by molar-refractivity contribution is -0.136. The molecule has 3 rings (SSSR count). The molecule has 0 aromatic carbocycles. The molecule has 2 fully saturated rings. The van der Waals surface area contributed by atoms with Crippen LogP contribution in [-0.2, 0) is 14.3 Å². The fourth-order valence-electron chi connectivity index (χ4n) is 3.97. The fourth-order valence-corrected chi connectivity index (χ4v) is 3.97. The quantitative estimate of drug-likeness (QED) is 0.567. The van der Waals surface area contributed by atoms with Crippen LogP contribution in [0, 0.1) is 11.8 Å². The number of ether oxygens (including phenoxy) is 2. The minimum absolute atomic E-state index is 0.202. The van der Waals surface area contributed by atoms with Crippen molar-refractivity contribution in [1.82, 2.24) is 0 Å². The van der Waals surface area contributed by atoms with E-state index in [0.29, 0.717) is 18.9 Å². The summed E-state index contributed by atoms with van der Waals surface area (Å²) in [6.07, 6.45) is 7.43. The molecule has 2 atom stereocenters. The van der Waals surface area contributed by atoms with Crippen LogP contribution in [0.1, 0.15) is 38.5 Å². The Morgan fingerprint density at radius 1 is 1.32 bits per heavy atom. The van der Waals surface area contributed by atoms with Gasteiger partial charge in [-0.15, -0.1) is 0 Å². The van der Waals surface area contributed by atoms with E-state index in [1.165, 1.54) is 39.2 Å². The number of fused-ring (bicyclic) bond motifs is 1. The lowest BCUT2D eigenvalue weighted by atomic mass is 9.78. The largest absolute Gasteiger partial charge is 0.466 e. The van der Waals surface area contributed by atoms with Crippen molar-refractivity contribution >= 4 is 5.97 Å². The molecule has 0 spiro atoms. The van der Waals surface area contributed by atoms with Gasteiger partial charge in [0.25, 0.3) is 0 Å². The molecule has 0 bridgehead atoms. The fraction of sp³-hybridized carbons (Fsp3) is 0.688. The summed E-state index contributed by atoms with van der Waals surface area (Å²) in [5.41, 5.74) is 3.09. The van der Waals surface area contributed by atoms with E-state index in [1.807, 2.05) is 0 Å². The zero-order valence-corrected chi connectivity index (χ0v) is 11.6. The second-order valence-electron chi connectivity index (χ2n) is 5.98. The topological polar surface area (TPSA) is 35.5 Å². The van der Waals surface area contributed by atoms with E-state index in [9.17, 15) is 4.79 Å². The third kappa shape index (κ3) is 2.14. The van der Waals surface area contributed by atoms with Gasteiger partial charge in [0.15, 0.2) is 0 Å². The van der Waals surface area contributed by atoms with Gasteiger partial charge in [-0.05, 0) is 24.3 Å². The molecule has 19 heavy (non-hydrogen) atoms. The Balaban J connectivity index is 1.83. The highest BCUT2D eigenvalue weighted by atomic mass is 16.5. The van der Waals surface area contributed by atoms with Crippen molar-refractivity contribution in [3.05, 3.63) is 23.3 Å². The second-order valence-corrected chi connectivity index (χ2v) is 5.98. The lowest BCUT2D eigenvalue weighted by Gasteiger charge is -2.30. The van der Waals surface area contributed by atoms with Crippen LogP contribution >= 0.6 is 0 Å². The summed E-state index contributed by atoms with van der Waals surface area (Å²) in [4.78, 5) is 11.8. The minimum Gasteiger partial charge on any atom is -0.466 e. The van der Waals surface area contributed by atoms with Gasteiger partial charge in [0.05, 0.1) is 19.8 Å². The van der Waals surface area contributed by atoms with Crippen LogP contribution in [0.15, 0.2) is 23.3 Å². The van der Waals surface area contributed by atoms with Crippen LogP contribution in [-0.4, -0.2) is 25.8 Å². The molecule has 3 heteroatoms. The number of hydrogen-bond donors (Lipinski definition) is 0. The lowest BCUT2D eigenvalue weighted by Crippen LogP contribution is -2.28. The summed E-state index contributed by atoms with van der Waals surface area (Å²) in [5, 5.41) is 0. The highest BCUT2D eigenvalue weighted by Gasteiger charge is 2.45. The summed E-state index contributed by atoms with van der Waals surface area (Å²) < 4.78 is 10.9. The van der Waals surface area contributed by atoms with E-state index < -0.39 is 0 Å². The molecule has 0 aromatic rings. The maximum Gasteiger partial charge on any atom is 0.334 e. The Morgan fingerprint density at radius 2 is 2.05 bits per heavy atom. The van der Waals surface area contributed by atoms with E-state index in [2.05, 4.69) is 6.58 Å². The zero-order chi connectivity index (χ0) is 13.4. The van der Waals surface area contributed by atoms with Crippen molar-refractivity contribution in [2.75, 3.05) is 13.7 Å². The zero-order valence-electron chi connectivity index (χ0n) is 11.6. The van der Waals surface area contributed by atoms with Gasteiger partial charge in [-0.2, -0.15) is 0 Å². The van der Waals surface area contributed by atoms with Gasteiger partial charge in [0.2, 0.25) is 0 Å². The smallest absolute Gasteiger partial charge is 0.334 e. The van der Waals surface area contributed by atoms with E-state index in [4.69, 9.17) is 9.47 Å². The van der Waals surface area contributed by atoms with Crippen molar-refractivity contribution in [2.45, 2.75) is 44.6 Å². The average Bonchev–Trinajstić information content (AvgIpc) is 3.01. The highest BCUT2D eigenvalue weighted by molar-refractivity contribution is 5.91. The second kappa shape index (κ2) is 5.12. The van der Waals surface area contributed by atoms with Gasteiger partial charge in [-0.1, -0.05) is 31.4 Å². The number of carbonyl (C=O) groups excluding carboxylic acids is 1. The third-order valence-electron chi connectivity index (χ3n) is 4.91. The van der Waals surface area contributed by atoms with Gasteiger partial charge in [-0.25, -0.2) is 4.79 Å². The van der Waals surface area contributed by atoms with Gasteiger partial charge < -0.3 is 9.47 Å². The monoisotopic (exact) mass is 262 g/mol. The molecule has 0 amide bonds. The van der Waals surface area contributed by atoms with Crippen molar-refractivity contribution in [3.63, 3.8) is 0 Å². The summed E-state index contributed by atoms with van der Waals surface area (Å²) in [6, 6.07) is 0. The number of hydrogen-bond acceptors (Lipinski definition) is 3. The Bertz CT molecular complexity index is 429. The number of esters is 1. The maximum atomic E-state index is 11.8. The molecule has 1 aliphatic heterocycles. The Hall–Kier alpha value is -1.09. The Kier molecular flexibility index (Phi) is 3.48. The van der Waals surface area contributed by atoms with E-state index in [1.54, 1.807) is 0 Å². The first-order chi connectivity index (χ1) is 9.22. The van der Waals surface area contributed by atoms with Crippen molar-refractivity contribution in [2.24, 2.45) is 11.8 Å². The van der Waals surface area contributed by atoms with Gasteiger partial charge in [0.1, 0.15) is 0 Å². The molecular weight excluding hydrogens is 240 g/mol. The molecule has 1 saturated carbocycles. The third-order valence-corrected chi connectivity index (χ3v) is 4.91. The molecule has 0 radical (unpaired) electrons. The van der Waals surface area contributed by atoms with Crippen LogP contribution in [0.4, 0.5) is 0 Å². The number of rotatable bonds is 2. The Labute approximate surface area is 114 Å². The molecule has 2 aliphatic carbocycles. The molecule has 0 aromatic heterocycles. The number of methoxy groups -OCH3 is 1. The predicted octanol–water partition coefficient (Wildman–Crippen LogP) is 3.01. The van der Waals surface area contributed by atoms with Crippen LogP contribution in [0.25, 0.3) is 0 Å². The SMILES string of the molecule is C=C1CC(C(=O)OC)=C2CO[C@H](C3CCCCC3)[C@H]12. The molecule has 1 saturated heterocycles. The summed E-state index contributed by atoms with van der Waals surface area (Å²) in [5.74, 6) is 0.716. The molecular formula is C16H22O3. The van der Waals surface area contributed by atoms with Gasteiger partial charge in [0, 0.05) is 17.9 Å². The van der Waals surface area contributed by atoms with Gasteiger partial charge >= 0.3 is 5.97 Å². The molecule has 1 heterocycles. The van der Waals surface area contributed by atoms with Crippen LogP contribution < -0.4 is 0 Å². The molecule has 3 nitrogen and oxygen atoms in total. The van der Waals surface area contributed by atoms with Crippen LogP contribution in [0.5, 0.6) is 0 Å². The van der Waals surface area contributed by atoms with Gasteiger partial charge in [-0.3, -0.25) is 0 Å². The molecule has 3 aliphatic rings. The molecule has 0 unspecified atom stereocenters. The van der Waals surface area contributed by atoms with E-state index >= 15 is 0 Å². The van der Waals surface area contributed by atoms with Crippen molar-refractivity contribution in [3.8, 4) is 0 Å². The average molecular weight is 262 g/mol. The molecule has 0 N–H and O–H groups in total. The van der Waals surface area contributed by atoms with Crippen LogP contribution in [0.3, 0.4) is 0 Å². The predicted molar refractivity (Wildman–Crippen MR) is 72.6 cm³/mol. The standard InChI is InChI=1S/C16H22O3/c1-10-8-12(16(17)18-2)13-9-19-15(14(10)13)11-6-4-3-5-7-11/h11,14-15H,1,3-9H2,2H3/t14-,15-/m1/s1. The van der Waals surface area contributed by atoms with E-state index in [-0.39, 0.29) is 18.0 Å². The van der Waals surface area contributed by atoms with E-state index in [0.717, 1.165) is 16.7 Å². The maximum absolute atomic E-state index is 11.8. The Morgan fingerprint density at radius 3 is 2.74 bits per heavy atom. The first kappa shape index (κ1) is 12.9. The summed E-state index contributed by atoms with van der Waals surface area (Å²) in [6.45, 7) is 4.77. The normalized spacial score (nSPS) is 31.7. The summed E-state index contributed by atoms with van der Waals surface area (Å²) >= 11 is 0. The van der Waals surface area contributed by atoms with Crippen molar-refractivity contribution in [1.29, 1.82) is 0 Å².